The van der Waals surface area contributed by atoms with E-state index in [9.17, 15) is 4.79 Å². The maximum atomic E-state index is 12.5. The molecule has 168 valence electrons. The van der Waals surface area contributed by atoms with Gasteiger partial charge in [0.15, 0.2) is 6.61 Å². The Hall–Kier alpha value is -2.61. The Morgan fingerprint density at radius 1 is 1.00 bits per heavy atom. The summed E-state index contributed by atoms with van der Waals surface area (Å²) in [7, 11) is 0. The second kappa shape index (κ2) is 10.8. The number of carbonyl (C=O) groups excluding carboxylic acids is 1. The molecule has 0 aliphatic carbocycles. The molecule has 1 saturated heterocycles. The van der Waals surface area contributed by atoms with Gasteiger partial charge >= 0.3 is 0 Å². The van der Waals surface area contributed by atoms with E-state index in [1.807, 2.05) is 60.4 Å². The number of thiazole rings is 1. The Morgan fingerprint density at radius 2 is 1.66 bits per heavy atom. The zero-order valence-electron chi connectivity index (χ0n) is 18.0. The molecule has 0 saturated carbocycles. The molecule has 2 heterocycles. The maximum Gasteiger partial charge on any atom is 0.260 e. The van der Waals surface area contributed by atoms with Gasteiger partial charge in [-0.25, -0.2) is 4.98 Å². The summed E-state index contributed by atoms with van der Waals surface area (Å²) in [4.78, 5) is 21.5. The van der Waals surface area contributed by atoms with E-state index >= 15 is 0 Å². The number of nitrogens with zero attached hydrogens (tertiary/aromatic N) is 3. The highest BCUT2D eigenvalue weighted by molar-refractivity contribution is 7.09. The minimum atomic E-state index is 0.0119. The van der Waals surface area contributed by atoms with Crippen LogP contribution >= 0.6 is 22.9 Å². The van der Waals surface area contributed by atoms with Gasteiger partial charge in [0, 0.05) is 42.1 Å². The first-order valence-corrected chi connectivity index (χ1v) is 11.9. The molecular weight excluding hydrogens is 446 g/mol. The topological polar surface area (TPSA) is 54.9 Å². The molecule has 0 spiro atoms. The zero-order chi connectivity index (χ0) is 22.3. The van der Waals surface area contributed by atoms with Crippen molar-refractivity contribution in [3.05, 3.63) is 63.9 Å². The second-order valence-electron chi connectivity index (χ2n) is 7.48. The summed E-state index contributed by atoms with van der Waals surface area (Å²) in [5, 5.41) is 3.88. The minimum Gasteiger partial charge on any atom is -0.494 e. The summed E-state index contributed by atoms with van der Waals surface area (Å²) >= 11 is 7.63. The molecule has 1 aliphatic heterocycles. The summed E-state index contributed by atoms with van der Waals surface area (Å²) in [6.07, 6.45) is 0. The van der Waals surface area contributed by atoms with Gasteiger partial charge in [0.25, 0.3) is 5.91 Å². The minimum absolute atomic E-state index is 0.0119. The molecule has 0 unspecified atom stereocenters. The van der Waals surface area contributed by atoms with Crippen LogP contribution in [0, 0.1) is 0 Å². The van der Waals surface area contributed by atoms with E-state index in [1.54, 1.807) is 11.3 Å². The van der Waals surface area contributed by atoms with Crippen LogP contribution in [-0.2, 0) is 11.3 Å². The van der Waals surface area contributed by atoms with Crippen LogP contribution in [0.25, 0.3) is 11.3 Å². The fourth-order valence-corrected chi connectivity index (χ4v) is 4.49. The van der Waals surface area contributed by atoms with Gasteiger partial charge in [-0.05, 0) is 43.3 Å². The molecule has 1 aromatic heterocycles. The molecule has 3 aromatic rings. The summed E-state index contributed by atoms with van der Waals surface area (Å²) in [6.45, 7) is 6.44. The number of carbonyl (C=O) groups is 1. The third-order valence-electron chi connectivity index (χ3n) is 5.27. The fraction of sp³-hybridized carbons (Fsp3) is 0.333. The first-order chi connectivity index (χ1) is 15.6. The Balaban J connectivity index is 1.22. The monoisotopic (exact) mass is 471 g/mol. The Kier molecular flexibility index (Phi) is 7.63. The van der Waals surface area contributed by atoms with Gasteiger partial charge in [-0.2, -0.15) is 0 Å². The first kappa shape index (κ1) is 22.6. The average Bonchev–Trinajstić information content (AvgIpc) is 3.28. The standard InChI is InChI=1S/C24H26ClN3O3S/c1-2-30-20-7-9-21(10-8-20)31-16-24(29)28-13-11-27(12-14-28)15-23-26-22(17-32-23)18-3-5-19(25)6-4-18/h3-10,17H,2,11-16H2,1H3. The van der Waals surface area contributed by atoms with E-state index in [2.05, 4.69) is 10.3 Å². The Bertz CT molecular complexity index is 1020. The molecule has 1 amide bonds. The molecule has 8 heteroatoms. The number of hydrogen-bond acceptors (Lipinski definition) is 6. The zero-order valence-corrected chi connectivity index (χ0v) is 19.6. The molecule has 0 bridgehead atoms. The van der Waals surface area contributed by atoms with Crippen molar-refractivity contribution in [2.24, 2.45) is 0 Å². The number of halogens is 1. The lowest BCUT2D eigenvalue weighted by Crippen LogP contribution is -2.49. The molecule has 0 radical (unpaired) electrons. The summed E-state index contributed by atoms with van der Waals surface area (Å²) in [6, 6.07) is 15.1. The molecule has 1 fully saturated rings. The normalized spacial score (nSPS) is 14.4. The smallest absolute Gasteiger partial charge is 0.260 e. The van der Waals surface area contributed by atoms with Gasteiger partial charge in [-0.15, -0.1) is 11.3 Å². The number of piperazine rings is 1. The number of amides is 1. The largest absolute Gasteiger partial charge is 0.494 e. The fourth-order valence-electron chi connectivity index (χ4n) is 3.52. The van der Waals surface area contributed by atoms with Gasteiger partial charge in [0.1, 0.15) is 16.5 Å². The van der Waals surface area contributed by atoms with Crippen LogP contribution in [0.1, 0.15) is 11.9 Å². The molecule has 4 rings (SSSR count). The van der Waals surface area contributed by atoms with Crippen LogP contribution in [0.5, 0.6) is 11.5 Å². The SMILES string of the molecule is CCOc1ccc(OCC(=O)N2CCN(Cc3nc(-c4ccc(Cl)cc4)cs3)CC2)cc1. The molecular formula is C24H26ClN3O3S. The van der Waals surface area contributed by atoms with Gasteiger partial charge in [0.05, 0.1) is 18.8 Å². The van der Waals surface area contributed by atoms with E-state index < -0.39 is 0 Å². The third kappa shape index (κ3) is 6.00. The van der Waals surface area contributed by atoms with Gasteiger partial charge < -0.3 is 14.4 Å². The van der Waals surface area contributed by atoms with Crippen LogP contribution in [0.2, 0.25) is 5.02 Å². The van der Waals surface area contributed by atoms with Crippen LogP contribution in [-0.4, -0.2) is 60.1 Å². The van der Waals surface area contributed by atoms with Crippen molar-refractivity contribution in [1.82, 2.24) is 14.8 Å². The number of rotatable bonds is 8. The summed E-state index contributed by atoms with van der Waals surface area (Å²) < 4.78 is 11.1. The van der Waals surface area contributed by atoms with E-state index in [0.29, 0.717) is 25.4 Å². The van der Waals surface area contributed by atoms with Gasteiger partial charge in [-0.3, -0.25) is 9.69 Å². The van der Waals surface area contributed by atoms with Crippen LogP contribution in [0.4, 0.5) is 0 Å². The number of benzene rings is 2. The van der Waals surface area contributed by atoms with E-state index in [4.69, 9.17) is 26.1 Å². The Morgan fingerprint density at radius 3 is 2.31 bits per heavy atom. The lowest BCUT2D eigenvalue weighted by atomic mass is 10.2. The maximum absolute atomic E-state index is 12.5. The van der Waals surface area contributed by atoms with Crippen molar-refractivity contribution in [3.8, 4) is 22.8 Å². The van der Waals surface area contributed by atoms with E-state index in [-0.39, 0.29) is 12.5 Å². The van der Waals surface area contributed by atoms with Crippen LogP contribution in [0.3, 0.4) is 0 Å². The van der Waals surface area contributed by atoms with Gasteiger partial charge in [0.2, 0.25) is 0 Å². The van der Waals surface area contributed by atoms with E-state index in [1.165, 1.54) is 0 Å². The highest BCUT2D eigenvalue weighted by Crippen LogP contribution is 2.24. The summed E-state index contributed by atoms with van der Waals surface area (Å²) in [5.41, 5.74) is 2.04. The molecule has 6 nitrogen and oxygen atoms in total. The Labute approximate surface area is 197 Å². The van der Waals surface area contributed by atoms with Crippen LogP contribution < -0.4 is 9.47 Å². The van der Waals surface area contributed by atoms with E-state index in [0.717, 1.165) is 46.7 Å². The molecule has 32 heavy (non-hydrogen) atoms. The highest BCUT2D eigenvalue weighted by Gasteiger charge is 2.22. The van der Waals surface area contributed by atoms with Crippen LogP contribution in [0.15, 0.2) is 53.9 Å². The lowest BCUT2D eigenvalue weighted by Gasteiger charge is -2.34. The lowest BCUT2D eigenvalue weighted by molar-refractivity contribution is -0.135. The molecule has 0 N–H and O–H groups in total. The third-order valence-corrected chi connectivity index (χ3v) is 6.36. The first-order valence-electron chi connectivity index (χ1n) is 10.7. The molecule has 0 atom stereocenters. The predicted molar refractivity (Wildman–Crippen MR) is 128 cm³/mol. The van der Waals surface area contributed by atoms with Crippen molar-refractivity contribution in [2.45, 2.75) is 13.5 Å². The van der Waals surface area contributed by atoms with Crippen molar-refractivity contribution in [1.29, 1.82) is 0 Å². The molecule has 2 aromatic carbocycles. The summed E-state index contributed by atoms with van der Waals surface area (Å²) in [5.74, 6) is 1.47. The predicted octanol–water partition coefficient (Wildman–Crippen LogP) is 4.59. The van der Waals surface area contributed by atoms with Crippen molar-refractivity contribution < 1.29 is 14.3 Å². The number of hydrogen-bond donors (Lipinski definition) is 0. The van der Waals surface area contributed by atoms with Crippen molar-refractivity contribution >= 4 is 28.8 Å². The number of aromatic nitrogens is 1. The van der Waals surface area contributed by atoms with Crippen molar-refractivity contribution in [3.63, 3.8) is 0 Å². The molecule has 1 aliphatic rings. The average molecular weight is 472 g/mol. The highest BCUT2D eigenvalue weighted by atomic mass is 35.5. The quantitative estimate of drug-likeness (QED) is 0.481. The van der Waals surface area contributed by atoms with Crippen molar-refractivity contribution in [2.75, 3.05) is 39.4 Å². The number of ether oxygens (including phenoxy) is 2. The second-order valence-corrected chi connectivity index (χ2v) is 8.86. The van der Waals surface area contributed by atoms with Gasteiger partial charge in [-0.1, -0.05) is 23.7 Å².